The number of ether oxygens (including phenoxy) is 2. The summed E-state index contributed by atoms with van der Waals surface area (Å²) in [4.78, 5) is 17.4. The summed E-state index contributed by atoms with van der Waals surface area (Å²) in [6, 6.07) is 7.87. The second-order valence-electron chi connectivity index (χ2n) is 5.84. The van der Waals surface area contributed by atoms with Gasteiger partial charge in [-0.25, -0.2) is 4.98 Å². The van der Waals surface area contributed by atoms with Crippen LogP contribution >= 0.6 is 11.3 Å². The third kappa shape index (κ3) is 5.17. The first-order valence-electron chi connectivity index (χ1n) is 8.45. The number of carbonyl (C=O) groups is 1. The molecule has 7 heteroatoms. The Kier molecular flexibility index (Phi) is 6.25. The van der Waals surface area contributed by atoms with E-state index >= 15 is 0 Å². The molecule has 1 N–H and O–H groups in total. The summed E-state index contributed by atoms with van der Waals surface area (Å²) in [7, 11) is 0. The highest BCUT2D eigenvalue weighted by atomic mass is 32.1. The van der Waals surface area contributed by atoms with Gasteiger partial charge in [0.25, 0.3) is 0 Å². The van der Waals surface area contributed by atoms with Gasteiger partial charge < -0.3 is 19.5 Å². The number of benzene rings is 1. The quantitative estimate of drug-likeness (QED) is 0.727. The van der Waals surface area contributed by atoms with E-state index in [1.54, 1.807) is 11.3 Å². The topological polar surface area (TPSA) is 71.9 Å². The number of morpholine rings is 1. The van der Waals surface area contributed by atoms with Gasteiger partial charge in [0.05, 0.1) is 25.5 Å². The first-order chi connectivity index (χ1) is 12.2. The number of carboxylic acid groups (broad SMARTS) is 1. The molecule has 1 saturated heterocycles. The number of hydrogen-bond acceptors (Lipinski definition) is 6. The average Bonchev–Trinajstić information content (AvgIpc) is 3.13. The predicted molar refractivity (Wildman–Crippen MR) is 97.6 cm³/mol. The molecule has 6 nitrogen and oxygen atoms in total. The molecule has 2 heterocycles. The number of rotatable bonds is 8. The second-order valence-corrected chi connectivity index (χ2v) is 6.67. The fraction of sp³-hybridized carbons (Fsp3) is 0.444. The van der Waals surface area contributed by atoms with E-state index in [0.717, 1.165) is 54.9 Å². The third-order valence-electron chi connectivity index (χ3n) is 3.98. The zero-order valence-corrected chi connectivity index (χ0v) is 14.8. The van der Waals surface area contributed by atoms with Crippen LogP contribution in [-0.2, 0) is 9.53 Å². The molecular weight excluding hydrogens is 340 g/mol. The van der Waals surface area contributed by atoms with Gasteiger partial charge in [-0.05, 0) is 37.1 Å². The van der Waals surface area contributed by atoms with Crippen LogP contribution in [0, 0.1) is 0 Å². The summed E-state index contributed by atoms with van der Waals surface area (Å²) in [6.45, 7) is 3.83. The summed E-state index contributed by atoms with van der Waals surface area (Å²) >= 11 is 1.66. The van der Waals surface area contributed by atoms with Crippen LogP contribution in [0.2, 0.25) is 0 Å². The maximum atomic E-state index is 10.5. The molecule has 134 valence electrons. The van der Waals surface area contributed by atoms with E-state index in [9.17, 15) is 4.79 Å². The summed E-state index contributed by atoms with van der Waals surface area (Å²) < 4.78 is 11.0. The van der Waals surface area contributed by atoms with Gasteiger partial charge >= 0.3 is 5.97 Å². The lowest BCUT2D eigenvalue weighted by molar-refractivity contribution is -0.137. The smallest absolute Gasteiger partial charge is 0.303 e. The van der Waals surface area contributed by atoms with E-state index in [-0.39, 0.29) is 6.42 Å². The van der Waals surface area contributed by atoms with Crippen molar-refractivity contribution in [3.05, 3.63) is 29.6 Å². The van der Waals surface area contributed by atoms with E-state index < -0.39 is 5.97 Å². The minimum absolute atomic E-state index is 0.192. The molecule has 1 aromatic carbocycles. The zero-order chi connectivity index (χ0) is 17.5. The SMILES string of the molecule is O=C(O)CCCCOc1ccc(-c2csc(N3CCOCC3)n2)cc1. The molecule has 0 saturated carbocycles. The summed E-state index contributed by atoms with van der Waals surface area (Å²) in [6.07, 6.45) is 1.57. The molecule has 0 atom stereocenters. The van der Waals surface area contributed by atoms with E-state index in [2.05, 4.69) is 10.3 Å². The van der Waals surface area contributed by atoms with Gasteiger partial charge in [0, 0.05) is 30.5 Å². The van der Waals surface area contributed by atoms with E-state index in [1.165, 1.54) is 0 Å². The normalized spacial score (nSPS) is 14.5. The van der Waals surface area contributed by atoms with E-state index in [0.29, 0.717) is 13.0 Å². The van der Waals surface area contributed by atoms with E-state index in [1.807, 2.05) is 24.3 Å². The molecule has 3 rings (SSSR count). The maximum Gasteiger partial charge on any atom is 0.303 e. The maximum absolute atomic E-state index is 10.5. The fourth-order valence-electron chi connectivity index (χ4n) is 2.59. The molecule has 0 unspecified atom stereocenters. The Balaban J connectivity index is 1.52. The van der Waals surface area contributed by atoms with Crippen molar-refractivity contribution in [2.24, 2.45) is 0 Å². The molecule has 0 bridgehead atoms. The lowest BCUT2D eigenvalue weighted by Crippen LogP contribution is -2.36. The third-order valence-corrected chi connectivity index (χ3v) is 4.88. The van der Waals surface area contributed by atoms with E-state index in [4.69, 9.17) is 19.6 Å². The molecule has 0 amide bonds. The minimum atomic E-state index is -0.760. The largest absolute Gasteiger partial charge is 0.494 e. The first kappa shape index (κ1) is 17.7. The number of hydrogen-bond donors (Lipinski definition) is 1. The molecule has 0 aliphatic carbocycles. The Hall–Kier alpha value is -2.12. The highest BCUT2D eigenvalue weighted by molar-refractivity contribution is 7.14. The molecule has 25 heavy (non-hydrogen) atoms. The summed E-state index contributed by atoms with van der Waals surface area (Å²) in [5.41, 5.74) is 2.04. The fourth-order valence-corrected chi connectivity index (χ4v) is 3.48. The van der Waals surface area contributed by atoms with Gasteiger partial charge in [-0.15, -0.1) is 11.3 Å². The lowest BCUT2D eigenvalue weighted by atomic mass is 10.2. The molecule has 1 fully saturated rings. The van der Waals surface area contributed by atoms with Crippen LogP contribution in [0.1, 0.15) is 19.3 Å². The Labute approximate surface area is 151 Å². The highest BCUT2D eigenvalue weighted by Gasteiger charge is 2.15. The van der Waals surface area contributed by atoms with Crippen LogP contribution in [0.25, 0.3) is 11.3 Å². The van der Waals surface area contributed by atoms with Crippen molar-refractivity contribution in [1.82, 2.24) is 4.98 Å². The van der Waals surface area contributed by atoms with Gasteiger partial charge in [-0.3, -0.25) is 4.79 Å². The van der Waals surface area contributed by atoms with Crippen molar-refractivity contribution in [2.45, 2.75) is 19.3 Å². The molecule has 0 spiro atoms. The number of aliphatic carboxylic acids is 1. The van der Waals surface area contributed by atoms with Crippen molar-refractivity contribution < 1.29 is 19.4 Å². The molecule has 0 radical (unpaired) electrons. The van der Waals surface area contributed by atoms with Crippen LogP contribution in [0.5, 0.6) is 5.75 Å². The Morgan fingerprint density at radius 2 is 2.00 bits per heavy atom. The standard InChI is InChI=1S/C18H22N2O4S/c21-17(22)3-1-2-10-24-15-6-4-14(5-7-15)16-13-25-18(19-16)20-8-11-23-12-9-20/h4-7,13H,1-3,8-12H2,(H,21,22). The van der Waals surface area contributed by atoms with Gasteiger partial charge in [0.1, 0.15) is 5.75 Å². The lowest BCUT2D eigenvalue weighted by Gasteiger charge is -2.26. The predicted octanol–water partition coefficient (Wildman–Crippen LogP) is 3.28. The van der Waals surface area contributed by atoms with Crippen LogP contribution in [-0.4, -0.2) is 49.0 Å². The number of carboxylic acids is 1. The monoisotopic (exact) mass is 362 g/mol. The molecule has 2 aromatic rings. The highest BCUT2D eigenvalue weighted by Crippen LogP contribution is 2.29. The number of nitrogens with zero attached hydrogens (tertiary/aromatic N) is 2. The molecule has 1 aliphatic rings. The van der Waals surface area contributed by atoms with Crippen molar-refractivity contribution in [3.63, 3.8) is 0 Å². The number of aromatic nitrogens is 1. The number of thiazole rings is 1. The number of unbranched alkanes of at least 4 members (excludes halogenated alkanes) is 1. The van der Waals surface area contributed by atoms with Crippen molar-refractivity contribution in [1.29, 1.82) is 0 Å². The van der Waals surface area contributed by atoms with Gasteiger partial charge in [-0.1, -0.05) is 0 Å². The summed E-state index contributed by atoms with van der Waals surface area (Å²) in [5.74, 6) is 0.0340. The van der Waals surface area contributed by atoms with Crippen LogP contribution < -0.4 is 9.64 Å². The van der Waals surface area contributed by atoms with Crippen LogP contribution in [0.3, 0.4) is 0 Å². The Morgan fingerprint density at radius 3 is 2.72 bits per heavy atom. The number of anilines is 1. The molecular formula is C18H22N2O4S. The Morgan fingerprint density at radius 1 is 1.24 bits per heavy atom. The van der Waals surface area contributed by atoms with Crippen molar-refractivity contribution in [2.75, 3.05) is 37.8 Å². The average molecular weight is 362 g/mol. The molecule has 1 aliphatic heterocycles. The summed E-state index contributed by atoms with van der Waals surface area (Å²) in [5, 5.41) is 11.7. The first-order valence-corrected chi connectivity index (χ1v) is 9.33. The second kappa shape index (κ2) is 8.82. The molecule has 1 aromatic heterocycles. The minimum Gasteiger partial charge on any atom is -0.494 e. The van der Waals surface area contributed by atoms with Crippen LogP contribution in [0.4, 0.5) is 5.13 Å². The van der Waals surface area contributed by atoms with Gasteiger partial charge in [-0.2, -0.15) is 0 Å². The Bertz CT molecular complexity index is 681. The van der Waals surface area contributed by atoms with Gasteiger partial charge in [0.15, 0.2) is 5.13 Å². The van der Waals surface area contributed by atoms with Crippen molar-refractivity contribution >= 4 is 22.4 Å². The zero-order valence-electron chi connectivity index (χ0n) is 14.0. The van der Waals surface area contributed by atoms with Gasteiger partial charge in [0.2, 0.25) is 0 Å². The van der Waals surface area contributed by atoms with Crippen molar-refractivity contribution in [3.8, 4) is 17.0 Å². The van der Waals surface area contributed by atoms with Crippen LogP contribution in [0.15, 0.2) is 29.6 Å².